The van der Waals surface area contributed by atoms with Gasteiger partial charge in [0.25, 0.3) is 5.78 Å². The maximum absolute atomic E-state index is 13.4. The number of ketones is 1. The van der Waals surface area contributed by atoms with Crippen molar-refractivity contribution in [3.63, 3.8) is 0 Å². The molecular weight excluding hydrogens is 474 g/mol. The number of hydrogen-bond acceptors (Lipinski definition) is 9. The van der Waals surface area contributed by atoms with Gasteiger partial charge in [-0.05, 0) is 52.4 Å². The number of hydrogen-bond donors (Lipinski definition) is 2. The van der Waals surface area contributed by atoms with Gasteiger partial charge in [-0.1, -0.05) is 13.8 Å². The average molecular weight is 514 g/mol. The Morgan fingerprint density at radius 2 is 1.61 bits per heavy atom. The highest BCUT2D eigenvalue weighted by Gasteiger charge is 2.40. The third kappa shape index (κ3) is 9.82. The van der Waals surface area contributed by atoms with Crippen molar-refractivity contribution >= 4 is 35.6 Å². The summed E-state index contributed by atoms with van der Waals surface area (Å²) in [5.41, 5.74) is -0.812. The highest BCUT2D eigenvalue weighted by Crippen LogP contribution is 2.21. The molecule has 1 aliphatic heterocycles. The van der Waals surface area contributed by atoms with Gasteiger partial charge in [-0.25, -0.2) is 9.59 Å². The van der Waals surface area contributed by atoms with Crippen LogP contribution in [0.25, 0.3) is 0 Å². The lowest BCUT2D eigenvalue weighted by atomic mass is 9.99. The molecule has 1 unspecified atom stereocenters. The van der Waals surface area contributed by atoms with Crippen LogP contribution in [0, 0.1) is 5.92 Å². The largest absolute Gasteiger partial charge is 0.469 e. The molecule has 0 radical (unpaired) electrons. The summed E-state index contributed by atoms with van der Waals surface area (Å²) >= 11 is 0. The molecule has 3 atom stereocenters. The van der Waals surface area contributed by atoms with Crippen LogP contribution in [0.1, 0.15) is 66.7 Å². The molecule has 36 heavy (non-hydrogen) atoms. The van der Waals surface area contributed by atoms with E-state index < -0.39 is 59.4 Å². The van der Waals surface area contributed by atoms with Gasteiger partial charge in [0.2, 0.25) is 11.8 Å². The number of alkyl carbamates (subject to hydrolysis) is 1. The Hall–Kier alpha value is -3.18. The van der Waals surface area contributed by atoms with Crippen LogP contribution in [0.2, 0.25) is 0 Å². The summed E-state index contributed by atoms with van der Waals surface area (Å²) in [5, 5.41) is 5.08. The van der Waals surface area contributed by atoms with Crippen LogP contribution in [0.5, 0.6) is 0 Å². The minimum atomic E-state index is -1.14. The molecule has 0 bridgehead atoms. The topological polar surface area (TPSA) is 157 Å². The summed E-state index contributed by atoms with van der Waals surface area (Å²) in [4.78, 5) is 76.0. The molecule has 204 valence electrons. The van der Waals surface area contributed by atoms with Crippen LogP contribution < -0.4 is 10.6 Å². The van der Waals surface area contributed by atoms with Crippen molar-refractivity contribution in [1.82, 2.24) is 15.5 Å². The molecule has 0 spiro atoms. The molecule has 12 nitrogen and oxygen atoms in total. The van der Waals surface area contributed by atoms with Gasteiger partial charge in [-0.3, -0.25) is 19.2 Å². The standard InChI is InChI=1S/C24H39N3O9/c1-14(2)13-16(19(29)22(32)35-7)25-20(30)17-9-8-12-27(17)21(31)15(10-11-18(28)34-6)26-23(33)36-24(3,4)5/h14-17H,8-13H2,1-7H3,(H,25,30)(H,26,33)/t15-,16-,17?/m0/s1. The first-order valence-electron chi connectivity index (χ1n) is 12.0. The van der Waals surface area contributed by atoms with Crippen LogP contribution >= 0.6 is 0 Å². The van der Waals surface area contributed by atoms with E-state index in [0.29, 0.717) is 12.8 Å². The molecule has 1 rings (SSSR count). The average Bonchev–Trinajstić information content (AvgIpc) is 3.28. The molecule has 1 heterocycles. The van der Waals surface area contributed by atoms with Crippen molar-refractivity contribution in [3.8, 4) is 0 Å². The number of amides is 3. The van der Waals surface area contributed by atoms with Gasteiger partial charge in [0, 0.05) is 13.0 Å². The lowest BCUT2D eigenvalue weighted by Crippen LogP contribution is -2.56. The summed E-state index contributed by atoms with van der Waals surface area (Å²) < 4.78 is 14.4. The number of rotatable bonds is 11. The molecule has 12 heteroatoms. The fourth-order valence-corrected chi connectivity index (χ4v) is 3.79. The Kier molecular flexibility index (Phi) is 11.8. The van der Waals surface area contributed by atoms with E-state index in [1.54, 1.807) is 20.8 Å². The summed E-state index contributed by atoms with van der Waals surface area (Å²) in [7, 11) is 2.29. The smallest absolute Gasteiger partial charge is 0.408 e. The van der Waals surface area contributed by atoms with Gasteiger partial charge in [0.1, 0.15) is 17.7 Å². The fraction of sp³-hybridized carbons (Fsp3) is 0.750. The Labute approximate surface area is 211 Å². The number of esters is 2. The molecule has 3 amide bonds. The normalized spacial score (nSPS) is 17.1. The minimum absolute atomic E-state index is 0.00838. The molecule has 2 N–H and O–H groups in total. The van der Waals surface area contributed by atoms with Gasteiger partial charge in [-0.15, -0.1) is 0 Å². The SMILES string of the molecule is COC(=O)CC[C@H](NC(=O)OC(C)(C)C)C(=O)N1CCCC1C(=O)N[C@@H](CC(C)C)C(=O)C(=O)OC. The predicted octanol–water partition coefficient (Wildman–Crippen LogP) is 1.10. The Bertz CT molecular complexity index is 835. The molecule has 0 aromatic carbocycles. The quantitative estimate of drug-likeness (QED) is 0.234. The molecular formula is C24H39N3O9. The predicted molar refractivity (Wildman–Crippen MR) is 128 cm³/mol. The van der Waals surface area contributed by atoms with Crippen LogP contribution in [-0.4, -0.2) is 85.0 Å². The van der Waals surface area contributed by atoms with Gasteiger partial charge < -0.3 is 29.7 Å². The van der Waals surface area contributed by atoms with Crippen LogP contribution in [0.3, 0.4) is 0 Å². The minimum Gasteiger partial charge on any atom is -0.469 e. The summed E-state index contributed by atoms with van der Waals surface area (Å²) in [6, 6.07) is -3.16. The number of Topliss-reactive ketones (excluding diaryl/α,β-unsaturated/α-hetero) is 1. The second-order valence-corrected chi connectivity index (χ2v) is 10.0. The Morgan fingerprint density at radius 1 is 0.972 bits per heavy atom. The first-order valence-corrected chi connectivity index (χ1v) is 12.0. The van der Waals surface area contributed by atoms with E-state index in [1.165, 1.54) is 12.0 Å². The van der Waals surface area contributed by atoms with Crippen molar-refractivity contribution in [2.24, 2.45) is 5.92 Å². The maximum Gasteiger partial charge on any atom is 0.408 e. The van der Waals surface area contributed by atoms with Crippen LogP contribution in [-0.2, 0) is 38.2 Å². The van der Waals surface area contributed by atoms with Crippen molar-refractivity contribution in [2.75, 3.05) is 20.8 Å². The van der Waals surface area contributed by atoms with Crippen molar-refractivity contribution < 1.29 is 43.0 Å². The molecule has 0 saturated carbocycles. The number of carbonyl (C=O) groups excluding carboxylic acids is 6. The van der Waals surface area contributed by atoms with E-state index in [1.807, 2.05) is 13.8 Å². The summed E-state index contributed by atoms with van der Waals surface area (Å²) in [6.45, 7) is 8.92. The van der Waals surface area contributed by atoms with Crippen LogP contribution in [0.4, 0.5) is 4.79 Å². The molecule has 1 fully saturated rings. The van der Waals surface area contributed by atoms with Gasteiger partial charge in [-0.2, -0.15) is 0 Å². The van der Waals surface area contributed by atoms with E-state index in [-0.39, 0.29) is 31.7 Å². The number of nitrogens with one attached hydrogen (secondary N) is 2. The van der Waals surface area contributed by atoms with Gasteiger partial charge >= 0.3 is 18.0 Å². The second kappa shape index (κ2) is 13.8. The second-order valence-electron chi connectivity index (χ2n) is 10.0. The molecule has 0 aliphatic carbocycles. The third-order valence-corrected chi connectivity index (χ3v) is 5.42. The van der Waals surface area contributed by atoms with E-state index in [9.17, 15) is 28.8 Å². The summed E-state index contributed by atoms with van der Waals surface area (Å²) in [6.07, 6.45) is 0.00661. The van der Waals surface area contributed by atoms with E-state index in [2.05, 4.69) is 20.1 Å². The monoisotopic (exact) mass is 513 g/mol. The first kappa shape index (κ1) is 30.9. The highest BCUT2D eigenvalue weighted by atomic mass is 16.6. The fourth-order valence-electron chi connectivity index (χ4n) is 3.79. The number of ether oxygens (including phenoxy) is 3. The highest BCUT2D eigenvalue weighted by molar-refractivity contribution is 6.36. The number of methoxy groups -OCH3 is 2. The van der Waals surface area contributed by atoms with Crippen LogP contribution in [0.15, 0.2) is 0 Å². The first-order chi connectivity index (χ1) is 16.7. The van der Waals surface area contributed by atoms with Crippen molar-refractivity contribution in [3.05, 3.63) is 0 Å². The summed E-state index contributed by atoms with van der Waals surface area (Å²) in [5.74, 6) is -3.67. The molecule has 0 aromatic rings. The Morgan fingerprint density at radius 3 is 2.14 bits per heavy atom. The van der Waals surface area contributed by atoms with E-state index in [0.717, 1.165) is 7.11 Å². The lowest BCUT2D eigenvalue weighted by molar-refractivity contribution is -0.153. The zero-order valence-corrected chi connectivity index (χ0v) is 22.2. The number of nitrogens with zero attached hydrogens (tertiary/aromatic N) is 1. The maximum atomic E-state index is 13.4. The third-order valence-electron chi connectivity index (χ3n) is 5.42. The number of likely N-dealkylation sites (tertiary alicyclic amines) is 1. The van der Waals surface area contributed by atoms with Crippen molar-refractivity contribution in [2.45, 2.75) is 90.4 Å². The zero-order valence-electron chi connectivity index (χ0n) is 22.2. The number of carbonyl (C=O) groups is 6. The van der Waals surface area contributed by atoms with Gasteiger partial charge in [0.15, 0.2) is 0 Å². The van der Waals surface area contributed by atoms with Gasteiger partial charge in [0.05, 0.1) is 20.3 Å². The van der Waals surface area contributed by atoms with Crippen molar-refractivity contribution in [1.29, 1.82) is 0 Å². The molecule has 1 aliphatic rings. The lowest BCUT2D eigenvalue weighted by Gasteiger charge is -2.30. The Balaban J connectivity index is 3.06. The molecule has 1 saturated heterocycles. The zero-order chi connectivity index (χ0) is 27.6. The van der Waals surface area contributed by atoms with E-state index in [4.69, 9.17) is 4.74 Å². The van der Waals surface area contributed by atoms with E-state index >= 15 is 0 Å². The molecule has 0 aromatic heterocycles.